The van der Waals surface area contributed by atoms with Gasteiger partial charge in [-0.05, 0) is 57.2 Å². The minimum Gasteiger partial charge on any atom is -0.251 e. The Morgan fingerprint density at radius 3 is 2.44 bits per heavy atom. The van der Waals surface area contributed by atoms with Crippen LogP contribution >= 0.6 is 11.6 Å². The average molecular weight is 510 g/mol. The number of hydrogen-bond acceptors (Lipinski definition) is 5. The lowest BCUT2D eigenvalue weighted by atomic mass is 10.1. The third-order valence-corrected chi connectivity index (χ3v) is 6.87. The van der Waals surface area contributed by atoms with Gasteiger partial charge in [0, 0.05) is 22.9 Å². The van der Waals surface area contributed by atoms with E-state index >= 15 is 0 Å². The molecule has 0 spiro atoms. The van der Waals surface area contributed by atoms with Crippen molar-refractivity contribution in [2.45, 2.75) is 37.4 Å². The van der Waals surface area contributed by atoms with Crippen molar-refractivity contribution in [3.63, 3.8) is 0 Å². The maximum Gasteiger partial charge on any atom is 0.434 e. The molecule has 0 aliphatic carbocycles. The topological polar surface area (TPSA) is 89.2 Å². The number of imidazole rings is 1. The van der Waals surface area contributed by atoms with Gasteiger partial charge in [0.05, 0.1) is 22.6 Å². The van der Waals surface area contributed by atoms with Crippen molar-refractivity contribution in [2.75, 3.05) is 0 Å². The van der Waals surface area contributed by atoms with Gasteiger partial charge in [0.25, 0.3) is 0 Å². The molecular weight excluding hydrogens is 491 g/mol. The number of rotatable bonds is 4. The van der Waals surface area contributed by atoms with Crippen molar-refractivity contribution in [2.24, 2.45) is 0 Å². The summed E-state index contributed by atoms with van der Waals surface area (Å²) in [5.74, 6) is 0. The Kier molecular flexibility index (Phi) is 5.91. The highest BCUT2D eigenvalue weighted by atomic mass is 35.5. The molecule has 0 unspecified atom stereocenters. The van der Waals surface area contributed by atoms with Crippen LogP contribution in [0.1, 0.15) is 26.5 Å². The van der Waals surface area contributed by atoms with Crippen molar-refractivity contribution in [3.8, 4) is 22.5 Å². The fourth-order valence-electron chi connectivity index (χ4n) is 3.33. The number of fused-ring (bicyclic) bond motifs is 1. The Morgan fingerprint density at radius 2 is 1.76 bits per heavy atom. The van der Waals surface area contributed by atoms with Gasteiger partial charge in [0.15, 0.2) is 11.3 Å². The molecule has 1 aromatic carbocycles. The van der Waals surface area contributed by atoms with Crippen molar-refractivity contribution in [3.05, 3.63) is 65.6 Å². The van der Waals surface area contributed by atoms with E-state index in [2.05, 4.69) is 19.8 Å². The van der Waals surface area contributed by atoms with Crippen LogP contribution in [0.5, 0.6) is 0 Å². The van der Waals surface area contributed by atoms with E-state index in [0.717, 1.165) is 6.20 Å². The van der Waals surface area contributed by atoms with Crippen molar-refractivity contribution in [1.82, 2.24) is 24.3 Å². The number of hydrogen-bond donors (Lipinski definition) is 1. The minimum atomic E-state index is -4.64. The fraction of sp³-hybridized carbons (Fsp3) is 0.227. The lowest BCUT2D eigenvalue weighted by Crippen LogP contribution is -2.40. The molecule has 0 saturated carbocycles. The van der Waals surface area contributed by atoms with Crippen molar-refractivity contribution >= 4 is 27.3 Å². The molecule has 0 fully saturated rings. The number of nitrogens with zero attached hydrogens (tertiary/aromatic N) is 4. The van der Waals surface area contributed by atoms with Gasteiger partial charge < -0.3 is 0 Å². The maximum atomic E-state index is 13.4. The molecular formula is C22H19ClF3N5O2S. The van der Waals surface area contributed by atoms with E-state index in [1.807, 2.05) is 0 Å². The van der Waals surface area contributed by atoms with E-state index in [1.54, 1.807) is 26.8 Å². The first kappa shape index (κ1) is 24.1. The summed E-state index contributed by atoms with van der Waals surface area (Å²) in [4.78, 5) is 7.77. The average Bonchev–Trinajstić information content (AvgIpc) is 3.15. The lowest BCUT2D eigenvalue weighted by Gasteiger charge is -2.21. The molecule has 0 saturated heterocycles. The smallest absolute Gasteiger partial charge is 0.251 e. The molecule has 34 heavy (non-hydrogen) atoms. The highest BCUT2D eigenvalue weighted by Crippen LogP contribution is 2.35. The van der Waals surface area contributed by atoms with E-state index in [0.29, 0.717) is 16.9 Å². The summed E-state index contributed by atoms with van der Waals surface area (Å²) in [6.45, 7) is 5.13. The summed E-state index contributed by atoms with van der Waals surface area (Å²) >= 11 is 6.16. The second kappa shape index (κ2) is 8.33. The molecule has 4 rings (SSSR count). The van der Waals surface area contributed by atoms with Crippen LogP contribution in [0.3, 0.4) is 0 Å². The maximum absolute atomic E-state index is 13.4. The zero-order chi connectivity index (χ0) is 24.9. The lowest BCUT2D eigenvalue weighted by molar-refractivity contribution is -0.140. The Balaban J connectivity index is 1.77. The molecule has 4 aromatic rings. The van der Waals surface area contributed by atoms with Crippen LogP contribution in [0.25, 0.3) is 28.2 Å². The quantitative estimate of drug-likeness (QED) is 0.408. The van der Waals surface area contributed by atoms with Crippen LogP contribution in [0.2, 0.25) is 5.02 Å². The number of sulfonamides is 1. The third kappa shape index (κ3) is 4.91. The van der Waals surface area contributed by atoms with Gasteiger partial charge in [-0.1, -0.05) is 17.7 Å². The fourth-order valence-corrected chi connectivity index (χ4v) is 5.27. The van der Waals surface area contributed by atoms with Crippen LogP contribution < -0.4 is 4.72 Å². The first-order chi connectivity index (χ1) is 15.7. The van der Waals surface area contributed by atoms with Crippen LogP contribution in [0.15, 0.2) is 59.8 Å². The summed E-state index contributed by atoms with van der Waals surface area (Å²) in [6, 6.07) is 10.1. The predicted octanol–water partition coefficient (Wildman–Crippen LogP) is 5.21. The van der Waals surface area contributed by atoms with Gasteiger partial charge >= 0.3 is 6.18 Å². The van der Waals surface area contributed by atoms with E-state index in [4.69, 9.17) is 11.6 Å². The first-order valence-electron chi connectivity index (χ1n) is 9.97. The van der Waals surface area contributed by atoms with Gasteiger partial charge in [-0.3, -0.25) is 4.98 Å². The van der Waals surface area contributed by atoms with E-state index in [9.17, 15) is 21.6 Å². The van der Waals surface area contributed by atoms with E-state index in [-0.39, 0.29) is 21.2 Å². The summed E-state index contributed by atoms with van der Waals surface area (Å²) in [5.41, 5.74) is -0.683. The predicted molar refractivity (Wildman–Crippen MR) is 122 cm³/mol. The molecule has 0 radical (unpaired) electrons. The second-order valence-electron chi connectivity index (χ2n) is 8.55. The van der Waals surface area contributed by atoms with Gasteiger partial charge in [-0.15, -0.1) is 0 Å². The number of halogens is 4. The molecule has 7 nitrogen and oxygen atoms in total. The van der Waals surface area contributed by atoms with Crippen molar-refractivity contribution in [1.29, 1.82) is 0 Å². The largest absolute Gasteiger partial charge is 0.434 e. The molecule has 178 valence electrons. The second-order valence-corrected chi connectivity index (χ2v) is 10.6. The number of benzene rings is 1. The number of pyridine rings is 1. The summed E-state index contributed by atoms with van der Waals surface area (Å²) in [5, 5.41) is 4.30. The third-order valence-electron chi connectivity index (χ3n) is 4.63. The Bertz CT molecular complexity index is 1490. The normalized spacial score (nSPS) is 12.9. The van der Waals surface area contributed by atoms with Gasteiger partial charge in [-0.25, -0.2) is 22.6 Å². The molecule has 0 bridgehead atoms. The Morgan fingerprint density at radius 1 is 1.03 bits per heavy atom. The SMILES string of the molecule is CC(C)(C)NS(=O)(=O)c1cc(-c2cn3nc(-c4cccnc4C(F)(F)F)ccc3n2)ccc1Cl. The molecule has 1 N–H and O–H groups in total. The van der Waals surface area contributed by atoms with E-state index < -0.39 is 27.4 Å². The molecule has 0 amide bonds. The number of aromatic nitrogens is 4. The molecule has 0 aliphatic rings. The highest BCUT2D eigenvalue weighted by molar-refractivity contribution is 7.89. The number of nitrogens with one attached hydrogen (secondary N) is 1. The summed E-state index contributed by atoms with van der Waals surface area (Å²) in [6.07, 6.45) is -2.07. The van der Waals surface area contributed by atoms with Gasteiger partial charge in [-0.2, -0.15) is 18.3 Å². The molecule has 0 aliphatic heterocycles. The van der Waals surface area contributed by atoms with Gasteiger partial charge in [0.2, 0.25) is 10.0 Å². The van der Waals surface area contributed by atoms with E-state index in [1.165, 1.54) is 47.1 Å². The minimum absolute atomic E-state index is 0.0425. The van der Waals surface area contributed by atoms with Crippen LogP contribution in [-0.4, -0.2) is 33.5 Å². The van der Waals surface area contributed by atoms with Crippen LogP contribution in [0, 0.1) is 0 Å². The number of alkyl halides is 3. The van der Waals surface area contributed by atoms with Crippen LogP contribution in [0.4, 0.5) is 13.2 Å². The molecule has 0 atom stereocenters. The Labute approximate surface area is 198 Å². The molecule has 3 heterocycles. The van der Waals surface area contributed by atoms with Gasteiger partial charge in [0.1, 0.15) is 4.90 Å². The van der Waals surface area contributed by atoms with Crippen LogP contribution in [-0.2, 0) is 16.2 Å². The zero-order valence-corrected chi connectivity index (χ0v) is 19.8. The monoisotopic (exact) mass is 509 g/mol. The first-order valence-corrected chi connectivity index (χ1v) is 11.8. The Hall–Kier alpha value is -3.02. The van der Waals surface area contributed by atoms with Crippen molar-refractivity contribution < 1.29 is 21.6 Å². The highest BCUT2D eigenvalue weighted by Gasteiger charge is 2.36. The standard InChI is InChI=1S/C22H19ClF3N5O2S/c1-21(2,3)30-34(32,33)18-11-13(6-7-15(18)23)17-12-31-19(28-17)9-8-16(29-31)14-5-4-10-27-20(14)22(24,25)26/h4-12,30H,1-3H3. The molecule has 12 heteroatoms. The summed E-state index contributed by atoms with van der Waals surface area (Å²) in [7, 11) is -3.92. The zero-order valence-electron chi connectivity index (χ0n) is 18.2. The summed E-state index contributed by atoms with van der Waals surface area (Å²) < 4.78 is 69.6. The molecule has 3 aromatic heterocycles.